The average molecular weight is 391 g/mol. The first kappa shape index (κ1) is 19.6. The first-order chi connectivity index (χ1) is 12.7. The van der Waals surface area contributed by atoms with E-state index in [4.69, 9.17) is 4.74 Å². The molecule has 0 atom stereocenters. The molecule has 1 fully saturated rings. The van der Waals surface area contributed by atoms with Gasteiger partial charge >= 0.3 is 5.97 Å². The van der Waals surface area contributed by atoms with Gasteiger partial charge in [-0.2, -0.15) is 0 Å². The molecule has 0 saturated heterocycles. The molecule has 1 aliphatic carbocycles. The molecule has 2 aromatic heterocycles. The van der Waals surface area contributed by atoms with Crippen LogP contribution in [0.2, 0.25) is 0 Å². The van der Waals surface area contributed by atoms with Crippen LogP contribution in [0.25, 0.3) is 0 Å². The standard InChI is InChI=1S/C18H25N5O3S/c1-10-14(15(16(25)26-6)11(2)22(10)12-7-8-12)13(24)9-27-17-19-20-21-23(17)18(3,4)5/h12H,7-9H2,1-6H3. The molecule has 0 amide bonds. The molecule has 0 radical (unpaired) electrons. The van der Waals surface area contributed by atoms with Gasteiger partial charge in [0.15, 0.2) is 5.78 Å². The Morgan fingerprint density at radius 3 is 2.37 bits per heavy atom. The molecule has 2 aromatic rings. The molecule has 9 heteroatoms. The number of carbonyl (C=O) groups excluding carboxylic acids is 2. The molecule has 1 aliphatic rings. The second-order valence-electron chi connectivity index (χ2n) is 7.77. The lowest BCUT2D eigenvalue weighted by Gasteiger charge is -2.19. The largest absolute Gasteiger partial charge is 0.465 e. The molecule has 0 N–H and O–H groups in total. The minimum atomic E-state index is -0.470. The third-order valence-corrected chi connectivity index (χ3v) is 5.60. The minimum Gasteiger partial charge on any atom is -0.465 e. The maximum Gasteiger partial charge on any atom is 0.340 e. The number of nitrogens with zero attached hydrogens (tertiary/aromatic N) is 5. The van der Waals surface area contributed by atoms with Crippen LogP contribution >= 0.6 is 11.8 Å². The Hall–Kier alpha value is -2.16. The Bertz CT molecular complexity index is 890. The van der Waals surface area contributed by atoms with Crippen molar-refractivity contribution in [2.24, 2.45) is 0 Å². The Balaban J connectivity index is 1.90. The summed E-state index contributed by atoms with van der Waals surface area (Å²) in [5.41, 5.74) is 2.18. The topological polar surface area (TPSA) is 91.9 Å². The quantitative estimate of drug-likeness (QED) is 0.425. The summed E-state index contributed by atoms with van der Waals surface area (Å²) in [7, 11) is 1.34. The van der Waals surface area contributed by atoms with Gasteiger partial charge in [-0.05, 0) is 57.9 Å². The zero-order chi connectivity index (χ0) is 19.9. The van der Waals surface area contributed by atoms with Gasteiger partial charge in [0.05, 0.1) is 29.5 Å². The van der Waals surface area contributed by atoms with Crippen LogP contribution in [-0.2, 0) is 10.3 Å². The number of ether oxygens (including phenoxy) is 1. The Morgan fingerprint density at radius 1 is 1.19 bits per heavy atom. The van der Waals surface area contributed by atoms with Gasteiger partial charge in [0.25, 0.3) is 0 Å². The van der Waals surface area contributed by atoms with Crippen LogP contribution in [0.5, 0.6) is 0 Å². The van der Waals surface area contributed by atoms with E-state index in [0.29, 0.717) is 22.3 Å². The summed E-state index contributed by atoms with van der Waals surface area (Å²) in [6, 6.07) is 0.371. The third-order valence-electron chi connectivity index (χ3n) is 4.69. The smallest absolute Gasteiger partial charge is 0.340 e. The third kappa shape index (κ3) is 3.65. The zero-order valence-corrected chi connectivity index (χ0v) is 17.4. The molecule has 1 saturated carbocycles. The molecule has 0 bridgehead atoms. The molecule has 3 rings (SSSR count). The van der Waals surface area contributed by atoms with E-state index in [-0.39, 0.29) is 17.1 Å². The van der Waals surface area contributed by atoms with Crippen LogP contribution in [0.3, 0.4) is 0 Å². The van der Waals surface area contributed by atoms with Crippen molar-refractivity contribution in [1.29, 1.82) is 0 Å². The summed E-state index contributed by atoms with van der Waals surface area (Å²) in [5.74, 6) is -0.443. The molecule has 0 spiro atoms. The lowest BCUT2D eigenvalue weighted by atomic mass is 10.1. The van der Waals surface area contributed by atoms with Crippen molar-refractivity contribution in [2.75, 3.05) is 12.9 Å². The highest BCUT2D eigenvalue weighted by Crippen LogP contribution is 2.40. The van der Waals surface area contributed by atoms with E-state index in [1.807, 2.05) is 34.6 Å². The molecule has 27 heavy (non-hydrogen) atoms. The molecule has 0 aliphatic heterocycles. The molecule has 0 unspecified atom stereocenters. The van der Waals surface area contributed by atoms with Gasteiger partial charge in [-0.25, -0.2) is 9.48 Å². The summed E-state index contributed by atoms with van der Waals surface area (Å²) in [4.78, 5) is 25.4. The fourth-order valence-electron chi connectivity index (χ4n) is 3.32. The Labute approximate surface area is 162 Å². The van der Waals surface area contributed by atoms with Crippen molar-refractivity contribution in [1.82, 2.24) is 24.8 Å². The highest BCUT2D eigenvalue weighted by molar-refractivity contribution is 7.99. The SMILES string of the molecule is COC(=O)c1c(C(=O)CSc2nnnn2C(C)(C)C)c(C)n(C2CC2)c1C. The number of carbonyl (C=O) groups is 2. The number of esters is 1. The van der Waals surface area contributed by atoms with E-state index in [9.17, 15) is 9.59 Å². The van der Waals surface area contributed by atoms with Crippen LogP contribution in [-0.4, -0.2) is 49.4 Å². The Morgan fingerprint density at radius 2 is 1.81 bits per heavy atom. The monoisotopic (exact) mass is 391 g/mol. The zero-order valence-electron chi connectivity index (χ0n) is 16.6. The summed E-state index contributed by atoms with van der Waals surface area (Å²) >= 11 is 1.28. The molecular weight excluding hydrogens is 366 g/mol. The van der Waals surface area contributed by atoms with E-state index in [1.165, 1.54) is 18.9 Å². The van der Waals surface area contributed by atoms with Gasteiger partial charge < -0.3 is 9.30 Å². The number of aromatic nitrogens is 5. The fourth-order valence-corrected chi connectivity index (χ4v) is 4.25. The summed E-state index contributed by atoms with van der Waals surface area (Å²) < 4.78 is 8.74. The highest BCUT2D eigenvalue weighted by atomic mass is 32.2. The maximum atomic E-state index is 13.1. The van der Waals surface area contributed by atoms with Crippen LogP contribution in [0, 0.1) is 13.8 Å². The first-order valence-corrected chi connectivity index (χ1v) is 9.90. The van der Waals surface area contributed by atoms with E-state index >= 15 is 0 Å². The predicted octanol–water partition coefficient (Wildman–Crippen LogP) is 2.94. The summed E-state index contributed by atoms with van der Waals surface area (Å²) in [5, 5.41) is 12.3. The van der Waals surface area contributed by atoms with Crippen molar-refractivity contribution in [3.63, 3.8) is 0 Å². The van der Waals surface area contributed by atoms with Crippen LogP contribution < -0.4 is 0 Å². The summed E-state index contributed by atoms with van der Waals surface area (Å²) in [6.45, 7) is 9.76. The van der Waals surface area contributed by atoms with Gasteiger partial charge in [0, 0.05) is 17.4 Å². The number of hydrogen-bond donors (Lipinski definition) is 0. The van der Waals surface area contributed by atoms with Gasteiger partial charge in [-0.3, -0.25) is 4.79 Å². The van der Waals surface area contributed by atoms with Crippen LogP contribution in [0.15, 0.2) is 5.16 Å². The number of rotatable bonds is 6. The second kappa shape index (κ2) is 7.10. The van der Waals surface area contributed by atoms with E-state index in [1.54, 1.807) is 4.68 Å². The lowest BCUT2D eigenvalue weighted by Crippen LogP contribution is -2.24. The van der Waals surface area contributed by atoms with E-state index < -0.39 is 5.97 Å². The number of ketones is 1. The van der Waals surface area contributed by atoms with Gasteiger partial charge in [-0.15, -0.1) is 5.10 Å². The summed E-state index contributed by atoms with van der Waals surface area (Å²) in [6.07, 6.45) is 2.14. The van der Waals surface area contributed by atoms with Gasteiger partial charge in [0.1, 0.15) is 0 Å². The molecule has 146 valence electrons. The van der Waals surface area contributed by atoms with Gasteiger partial charge in [0.2, 0.25) is 5.16 Å². The molecule has 0 aromatic carbocycles. The highest BCUT2D eigenvalue weighted by Gasteiger charge is 2.34. The number of Topliss-reactive ketones (excluding diaryl/α,β-unsaturated/α-hetero) is 1. The Kier molecular flexibility index (Phi) is 5.16. The first-order valence-electron chi connectivity index (χ1n) is 8.91. The van der Waals surface area contributed by atoms with Crippen molar-refractivity contribution in [3.05, 3.63) is 22.5 Å². The van der Waals surface area contributed by atoms with Gasteiger partial charge in [-0.1, -0.05) is 11.8 Å². The van der Waals surface area contributed by atoms with E-state index in [2.05, 4.69) is 20.1 Å². The van der Waals surface area contributed by atoms with Crippen molar-refractivity contribution >= 4 is 23.5 Å². The van der Waals surface area contributed by atoms with Crippen molar-refractivity contribution < 1.29 is 14.3 Å². The van der Waals surface area contributed by atoms with Crippen molar-refractivity contribution in [2.45, 2.75) is 64.2 Å². The second-order valence-corrected chi connectivity index (χ2v) is 8.71. The maximum absolute atomic E-state index is 13.1. The number of methoxy groups -OCH3 is 1. The fraction of sp³-hybridized carbons (Fsp3) is 0.611. The van der Waals surface area contributed by atoms with Crippen LogP contribution in [0.4, 0.5) is 0 Å². The predicted molar refractivity (Wildman–Crippen MR) is 101 cm³/mol. The van der Waals surface area contributed by atoms with Crippen LogP contribution in [0.1, 0.15) is 71.8 Å². The number of hydrogen-bond acceptors (Lipinski definition) is 7. The minimum absolute atomic E-state index is 0.121. The number of tetrazole rings is 1. The average Bonchev–Trinajstić information content (AvgIpc) is 3.23. The van der Waals surface area contributed by atoms with E-state index in [0.717, 1.165) is 24.2 Å². The normalized spacial score (nSPS) is 14.4. The molecule has 2 heterocycles. The molecule has 8 nitrogen and oxygen atoms in total. The number of thioether (sulfide) groups is 1. The molecular formula is C18H25N5O3S. The lowest BCUT2D eigenvalue weighted by molar-refractivity contribution is 0.0596. The van der Waals surface area contributed by atoms with Crippen molar-refractivity contribution in [3.8, 4) is 0 Å².